The van der Waals surface area contributed by atoms with Crippen LogP contribution >= 0.6 is 0 Å². The summed E-state index contributed by atoms with van der Waals surface area (Å²) in [6, 6.07) is 0. The molecule has 0 aromatic carbocycles. The molecule has 0 saturated carbocycles. The van der Waals surface area contributed by atoms with E-state index >= 15 is 0 Å². The molecule has 0 atom stereocenters. The van der Waals surface area contributed by atoms with Crippen LogP contribution in [0.4, 0.5) is 5.95 Å². The van der Waals surface area contributed by atoms with Gasteiger partial charge in [-0.05, 0) is 51.0 Å². The molecule has 2 fully saturated rings. The van der Waals surface area contributed by atoms with E-state index in [4.69, 9.17) is 14.5 Å². The summed E-state index contributed by atoms with van der Waals surface area (Å²) in [5.74, 6) is 1.03. The highest BCUT2D eigenvalue weighted by atomic mass is 16.5. The van der Waals surface area contributed by atoms with Crippen molar-refractivity contribution < 1.29 is 14.3 Å². The van der Waals surface area contributed by atoms with E-state index in [0.717, 1.165) is 44.7 Å². The molecule has 1 aromatic heterocycles. The van der Waals surface area contributed by atoms with Crippen molar-refractivity contribution in [3.63, 3.8) is 0 Å². The van der Waals surface area contributed by atoms with Crippen molar-refractivity contribution in [3.8, 4) is 0 Å². The third-order valence-electron chi connectivity index (χ3n) is 6.27. The first-order valence-electron chi connectivity index (χ1n) is 10.8. The van der Waals surface area contributed by atoms with Crippen molar-refractivity contribution in [1.29, 1.82) is 0 Å². The van der Waals surface area contributed by atoms with E-state index in [2.05, 4.69) is 9.88 Å². The van der Waals surface area contributed by atoms with E-state index in [1.54, 1.807) is 0 Å². The monoisotopic (exact) mass is 388 g/mol. The predicted octanol–water partition coefficient (Wildman–Crippen LogP) is 1.98. The normalized spacial score (nSPS) is 22.2. The van der Waals surface area contributed by atoms with Crippen molar-refractivity contribution in [2.75, 3.05) is 50.9 Å². The van der Waals surface area contributed by atoms with Crippen LogP contribution in [-0.2, 0) is 27.1 Å². The number of aromatic nitrogens is 2. The van der Waals surface area contributed by atoms with E-state index in [9.17, 15) is 4.79 Å². The standard InChI is InChI=1S/C21H32N4O3/c1-2-27-14-12-25-16-21(28-13-7-19(25)26)8-10-24(11-9-21)20-22-15-17-5-3-4-6-18(17)23-20/h15H,2-14,16H2,1H3. The first-order chi connectivity index (χ1) is 13.7. The first-order valence-corrected chi connectivity index (χ1v) is 10.8. The lowest BCUT2D eigenvalue weighted by Gasteiger charge is -2.42. The van der Waals surface area contributed by atoms with E-state index in [1.807, 2.05) is 18.0 Å². The Kier molecular flexibility index (Phi) is 6.11. The summed E-state index contributed by atoms with van der Waals surface area (Å²) in [5, 5.41) is 0. The minimum Gasteiger partial charge on any atom is -0.380 e. The molecule has 2 saturated heterocycles. The van der Waals surface area contributed by atoms with Crippen molar-refractivity contribution >= 4 is 11.9 Å². The molecule has 1 spiro atoms. The molecule has 7 nitrogen and oxygen atoms in total. The molecule has 4 rings (SSSR count). The van der Waals surface area contributed by atoms with Crippen molar-refractivity contribution in [3.05, 3.63) is 17.5 Å². The number of carbonyl (C=O) groups excluding carboxylic acids is 1. The molecule has 28 heavy (non-hydrogen) atoms. The molecule has 3 heterocycles. The van der Waals surface area contributed by atoms with Crippen LogP contribution in [0.5, 0.6) is 0 Å². The number of nitrogens with zero attached hydrogens (tertiary/aromatic N) is 4. The fourth-order valence-corrected chi connectivity index (χ4v) is 4.55. The van der Waals surface area contributed by atoms with Gasteiger partial charge in [-0.15, -0.1) is 0 Å². The van der Waals surface area contributed by atoms with Crippen LogP contribution in [0.25, 0.3) is 0 Å². The van der Waals surface area contributed by atoms with Gasteiger partial charge in [0.25, 0.3) is 0 Å². The summed E-state index contributed by atoms with van der Waals surface area (Å²) < 4.78 is 11.7. The summed E-state index contributed by atoms with van der Waals surface area (Å²) in [5.41, 5.74) is 2.30. The number of piperidine rings is 1. The SMILES string of the molecule is CCOCCN1CC2(CCN(c3ncc4c(n3)CCCC4)CC2)OCCC1=O. The maximum atomic E-state index is 12.4. The van der Waals surface area contributed by atoms with Gasteiger partial charge in [0, 0.05) is 44.7 Å². The zero-order valence-electron chi connectivity index (χ0n) is 17.0. The molecule has 1 aliphatic carbocycles. The zero-order chi connectivity index (χ0) is 19.4. The summed E-state index contributed by atoms with van der Waals surface area (Å²) in [6.45, 7) is 6.81. The fourth-order valence-electron chi connectivity index (χ4n) is 4.55. The average molecular weight is 389 g/mol. The third-order valence-corrected chi connectivity index (χ3v) is 6.27. The minimum absolute atomic E-state index is 0.178. The lowest BCUT2D eigenvalue weighted by atomic mass is 9.90. The molecule has 7 heteroatoms. The molecular formula is C21H32N4O3. The molecule has 1 amide bonds. The molecule has 0 radical (unpaired) electrons. The third kappa shape index (κ3) is 4.30. The average Bonchev–Trinajstić information content (AvgIpc) is 2.87. The van der Waals surface area contributed by atoms with Crippen molar-refractivity contribution in [1.82, 2.24) is 14.9 Å². The lowest BCUT2D eigenvalue weighted by molar-refractivity contribution is -0.132. The van der Waals surface area contributed by atoms with E-state index in [-0.39, 0.29) is 11.5 Å². The molecular weight excluding hydrogens is 356 g/mol. The maximum Gasteiger partial charge on any atom is 0.225 e. The van der Waals surface area contributed by atoms with E-state index in [0.29, 0.717) is 39.3 Å². The molecule has 3 aliphatic rings. The number of fused-ring (bicyclic) bond motifs is 1. The number of hydrogen-bond acceptors (Lipinski definition) is 6. The fraction of sp³-hybridized carbons (Fsp3) is 0.762. The number of aryl methyl sites for hydroxylation is 2. The van der Waals surface area contributed by atoms with Crippen LogP contribution in [-0.4, -0.2) is 72.4 Å². The highest BCUT2D eigenvalue weighted by Crippen LogP contribution is 2.32. The number of anilines is 1. The quantitative estimate of drug-likeness (QED) is 0.719. The van der Waals surface area contributed by atoms with Gasteiger partial charge in [0.2, 0.25) is 11.9 Å². The Hall–Kier alpha value is -1.73. The van der Waals surface area contributed by atoms with E-state index < -0.39 is 0 Å². The van der Waals surface area contributed by atoms with Gasteiger partial charge < -0.3 is 19.3 Å². The van der Waals surface area contributed by atoms with Gasteiger partial charge in [-0.1, -0.05) is 0 Å². The Morgan fingerprint density at radius 3 is 2.86 bits per heavy atom. The summed E-state index contributed by atoms with van der Waals surface area (Å²) in [6.07, 6.45) is 8.94. The molecule has 0 unspecified atom stereocenters. The predicted molar refractivity (Wildman–Crippen MR) is 106 cm³/mol. The van der Waals surface area contributed by atoms with Gasteiger partial charge >= 0.3 is 0 Å². The number of carbonyl (C=O) groups is 1. The second kappa shape index (κ2) is 8.74. The molecule has 0 N–H and O–H groups in total. The Morgan fingerprint density at radius 2 is 2.04 bits per heavy atom. The Labute approximate surface area is 167 Å². The van der Waals surface area contributed by atoms with Gasteiger partial charge in [-0.25, -0.2) is 9.97 Å². The molecule has 0 bridgehead atoms. The maximum absolute atomic E-state index is 12.4. The highest BCUT2D eigenvalue weighted by Gasteiger charge is 2.40. The topological polar surface area (TPSA) is 67.8 Å². The van der Waals surface area contributed by atoms with Gasteiger partial charge in [0.05, 0.1) is 25.2 Å². The van der Waals surface area contributed by atoms with Gasteiger partial charge in [-0.2, -0.15) is 0 Å². The van der Waals surface area contributed by atoms with Gasteiger partial charge in [0.1, 0.15) is 0 Å². The van der Waals surface area contributed by atoms with Gasteiger partial charge in [0.15, 0.2) is 0 Å². The number of rotatable bonds is 5. The number of hydrogen-bond donors (Lipinski definition) is 0. The van der Waals surface area contributed by atoms with Crippen molar-refractivity contribution in [2.24, 2.45) is 0 Å². The second-order valence-corrected chi connectivity index (χ2v) is 8.13. The molecule has 2 aliphatic heterocycles. The zero-order valence-corrected chi connectivity index (χ0v) is 17.0. The van der Waals surface area contributed by atoms with E-state index in [1.165, 1.54) is 24.1 Å². The van der Waals surface area contributed by atoms with Crippen LogP contribution in [0.2, 0.25) is 0 Å². The smallest absolute Gasteiger partial charge is 0.225 e. The molecule has 154 valence electrons. The van der Waals surface area contributed by atoms with Crippen LogP contribution in [0.3, 0.4) is 0 Å². The van der Waals surface area contributed by atoms with Crippen molar-refractivity contribution in [2.45, 2.75) is 57.5 Å². The second-order valence-electron chi connectivity index (χ2n) is 8.13. The Morgan fingerprint density at radius 1 is 1.21 bits per heavy atom. The Bertz CT molecular complexity index is 688. The number of amides is 1. The summed E-state index contributed by atoms with van der Waals surface area (Å²) >= 11 is 0. The highest BCUT2D eigenvalue weighted by molar-refractivity contribution is 5.76. The van der Waals surface area contributed by atoms with Crippen LogP contribution in [0.15, 0.2) is 6.20 Å². The summed E-state index contributed by atoms with van der Waals surface area (Å²) in [7, 11) is 0. The van der Waals surface area contributed by atoms with Gasteiger partial charge in [-0.3, -0.25) is 4.79 Å². The van der Waals surface area contributed by atoms with Crippen LogP contribution in [0, 0.1) is 0 Å². The Balaban J connectivity index is 1.40. The summed E-state index contributed by atoms with van der Waals surface area (Å²) in [4.78, 5) is 26.1. The number of ether oxygens (including phenoxy) is 2. The molecule has 1 aromatic rings. The first kappa shape index (κ1) is 19.6. The minimum atomic E-state index is -0.247. The largest absolute Gasteiger partial charge is 0.380 e. The van der Waals surface area contributed by atoms with Crippen LogP contribution < -0.4 is 4.90 Å². The lowest BCUT2D eigenvalue weighted by Crippen LogP contribution is -2.52. The van der Waals surface area contributed by atoms with Crippen LogP contribution in [0.1, 0.15) is 50.3 Å².